The van der Waals surface area contributed by atoms with Gasteiger partial charge in [0.2, 0.25) is 0 Å². The Morgan fingerprint density at radius 2 is 1.69 bits per heavy atom. The zero-order valence-electron chi connectivity index (χ0n) is 26.6. The maximum absolute atomic E-state index is 14.4. The highest BCUT2D eigenvalue weighted by Crippen LogP contribution is 2.32. The van der Waals surface area contributed by atoms with Crippen LogP contribution in [0.15, 0.2) is 124 Å². The molecule has 1 aliphatic heterocycles. The molecular formula is C39H32Cl2N4O2S. The fourth-order valence-corrected chi connectivity index (χ4v) is 7.57. The van der Waals surface area contributed by atoms with E-state index < -0.39 is 6.04 Å². The SMILES string of the molecule is CC1=C(C(=O)Nc2ccccc2)C(c2ccc(C(C)C)cc2)n2c(s/c(=C/c3cn(Cc4ccc(Cl)c(Cl)c4)c4ccccc34)c2=O)=N1. The number of halogens is 2. The van der Waals surface area contributed by atoms with Crippen LogP contribution in [0, 0.1) is 0 Å². The Hall–Kier alpha value is -4.69. The van der Waals surface area contributed by atoms with E-state index in [4.69, 9.17) is 28.2 Å². The summed E-state index contributed by atoms with van der Waals surface area (Å²) in [6, 6.07) is 30.6. The number of fused-ring (bicyclic) bond motifs is 2. The number of hydrogen-bond donors (Lipinski definition) is 1. The molecule has 0 saturated carbocycles. The van der Waals surface area contributed by atoms with Crippen LogP contribution in [0.4, 0.5) is 5.69 Å². The minimum atomic E-state index is -0.649. The zero-order valence-corrected chi connectivity index (χ0v) is 28.9. The highest BCUT2D eigenvalue weighted by Gasteiger charge is 2.32. The van der Waals surface area contributed by atoms with Gasteiger partial charge in [0.15, 0.2) is 4.80 Å². The van der Waals surface area contributed by atoms with E-state index in [0.29, 0.717) is 48.8 Å². The number of thiazole rings is 1. The number of allylic oxidation sites excluding steroid dienone is 1. The van der Waals surface area contributed by atoms with E-state index in [1.807, 2.05) is 79.7 Å². The van der Waals surface area contributed by atoms with Crippen molar-refractivity contribution >= 4 is 63.1 Å². The molecule has 0 bridgehead atoms. The van der Waals surface area contributed by atoms with E-state index in [-0.39, 0.29) is 11.5 Å². The van der Waals surface area contributed by atoms with Crippen molar-refractivity contribution in [3.05, 3.63) is 167 Å². The van der Waals surface area contributed by atoms with Crippen molar-refractivity contribution in [2.45, 2.75) is 39.3 Å². The number of benzene rings is 4. The van der Waals surface area contributed by atoms with Gasteiger partial charge in [-0.1, -0.05) is 115 Å². The van der Waals surface area contributed by atoms with Gasteiger partial charge in [-0.3, -0.25) is 14.2 Å². The summed E-state index contributed by atoms with van der Waals surface area (Å²) < 4.78 is 4.35. The van der Waals surface area contributed by atoms with Crippen molar-refractivity contribution < 1.29 is 4.79 Å². The first kappa shape index (κ1) is 31.9. The van der Waals surface area contributed by atoms with E-state index >= 15 is 0 Å². The lowest BCUT2D eigenvalue weighted by atomic mass is 9.93. The van der Waals surface area contributed by atoms with Crippen LogP contribution in [0.2, 0.25) is 10.0 Å². The summed E-state index contributed by atoms with van der Waals surface area (Å²) in [5, 5.41) is 5.06. The molecule has 1 unspecified atom stereocenters. The second kappa shape index (κ2) is 13.1. The first-order valence-corrected chi connectivity index (χ1v) is 17.3. The van der Waals surface area contributed by atoms with Crippen molar-refractivity contribution in [2.24, 2.45) is 4.99 Å². The third-order valence-corrected chi connectivity index (χ3v) is 10.4. The number of anilines is 1. The molecular weight excluding hydrogens is 659 g/mol. The molecule has 7 rings (SSSR count). The number of aromatic nitrogens is 2. The Morgan fingerprint density at radius 1 is 0.958 bits per heavy atom. The molecule has 9 heteroatoms. The molecule has 1 N–H and O–H groups in total. The normalized spacial score (nSPS) is 14.8. The number of carbonyl (C=O) groups is 1. The van der Waals surface area contributed by atoms with Gasteiger partial charge in [-0.05, 0) is 65.9 Å². The smallest absolute Gasteiger partial charge is 0.271 e. The van der Waals surface area contributed by atoms with Gasteiger partial charge in [-0.15, -0.1) is 0 Å². The summed E-state index contributed by atoms with van der Waals surface area (Å²) in [4.78, 5) is 33.7. The maximum atomic E-state index is 14.4. The quantitative estimate of drug-likeness (QED) is 0.183. The van der Waals surface area contributed by atoms with Crippen LogP contribution in [0.1, 0.15) is 55.0 Å². The van der Waals surface area contributed by atoms with Gasteiger partial charge < -0.3 is 9.88 Å². The lowest BCUT2D eigenvalue weighted by Gasteiger charge is -2.25. The highest BCUT2D eigenvalue weighted by molar-refractivity contribution is 7.07. The van der Waals surface area contributed by atoms with E-state index in [0.717, 1.165) is 27.6 Å². The van der Waals surface area contributed by atoms with Crippen molar-refractivity contribution in [3.63, 3.8) is 0 Å². The van der Waals surface area contributed by atoms with Gasteiger partial charge in [-0.25, -0.2) is 4.99 Å². The molecule has 6 aromatic rings. The Morgan fingerprint density at radius 3 is 2.42 bits per heavy atom. The summed E-state index contributed by atoms with van der Waals surface area (Å²) in [5.74, 6) is 0.0537. The van der Waals surface area contributed by atoms with Crippen molar-refractivity contribution in [2.75, 3.05) is 5.32 Å². The van der Waals surface area contributed by atoms with Crippen LogP contribution >= 0.6 is 34.5 Å². The van der Waals surface area contributed by atoms with E-state index in [1.54, 1.807) is 10.6 Å². The van der Waals surface area contributed by atoms with E-state index in [9.17, 15) is 9.59 Å². The van der Waals surface area contributed by atoms with Gasteiger partial charge in [0.1, 0.15) is 0 Å². The van der Waals surface area contributed by atoms with Crippen molar-refractivity contribution in [1.29, 1.82) is 0 Å². The van der Waals surface area contributed by atoms with Crippen LogP contribution in [0.25, 0.3) is 17.0 Å². The fourth-order valence-electron chi connectivity index (χ4n) is 6.21. The van der Waals surface area contributed by atoms with Crippen LogP contribution in [-0.2, 0) is 11.3 Å². The Kier molecular flexibility index (Phi) is 8.69. The predicted molar refractivity (Wildman–Crippen MR) is 197 cm³/mol. The highest BCUT2D eigenvalue weighted by atomic mass is 35.5. The number of carbonyl (C=O) groups excluding carboxylic acids is 1. The number of para-hydroxylation sites is 2. The molecule has 0 aliphatic carbocycles. The lowest BCUT2D eigenvalue weighted by Crippen LogP contribution is -2.40. The Bertz CT molecular complexity index is 2400. The zero-order chi connectivity index (χ0) is 33.5. The third kappa shape index (κ3) is 6.05. The molecule has 1 aliphatic rings. The second-order valence-electron chi connectivity index (χ2n) is 12.2. The van der Waals surface area contributed by atoms with Gasteiger partial charge in [0.05, 0.1) is 31.9 Å². The molecule has 3 heterocycles. The van der Waals surface area contributed by atoms with Crippen LogP contribution in [0.5, 0.6) is 0 Å². The average Bonchev–Trinajstić information content (AvgIpc) is 3.58. The average molecular weight is 692 g/mol. The van der Waals surface area contributed by atoms with Crippen LogP contribution < -0.4 is 20.2 Å². The molecule has 0 spiro atoms. The summed E-state index contributed by atoms with van der Waals surface area (Å²) in [5.41, 5.74) is 6.46. The number of rotatable bonds is 7. The molecule has 0 saturated heterocycles. The summed E-state index contributed by atoms with van der Waals surface area (Å²) in [6.07, 6.45) is 3.98. The molecule has 240 valence electrons. The summed E-state index contributed by atoms with van der Waals surface area (Å²) in [6.45, 7) is 6.70. The lowest BCUT2D eigenvalue weighted by molar-refractivity contribution is -0.113. The number of hydrogen-bond acceptors (Lipinski definition) is 4. The van der Waals surface area contributed by atoms with E-state index in [1.165, 1.54) is 16.9 Å². The molecule has 48 heavy (non-hydrogen) atoms. The Balaban J connectivity index is 1.35. The molecule has 1 amide bonds. The maximum Gasteiger partial charge on any atom is 0.271 e. The van der Waals surface area contributed by atoms with Gasteiger partial charge >= 0.3 is 0 Å². The number of amides is 1. The molecule has 4 aromatic carbocycles. The predicted octanol–water partition coefficient (Wildman–Crippen LogP) is 8.31. The Labute approximate surface area is 291 Å². The minimum Gasteiger partial charge on any atom is -0.342 e. The molecule has 0 fully saturated rings. The fraction of sp³-hybridized carbons (Fsp3) is 0.154. The van der Waals surface area contributed by atoms with E-state index in [2.05, 4.69) is 54.2 Å². The molecule has 6 nitrogen and oxygen atoms in total. The molecule has 1 atom stereocenters. The van der Waals surface area contributed by atoms with Gasteiger partial charge in [0, 0.05) is 34.9 Å². The topological polar surface area (TPSA) is 68.4 Å². The summed E-state index contributed by atoms with van der Waals surface area (Å²) >= 11 is 13.8. The first-order chi connectivity index (χ1) is 23.2. The second-order valence-corrected chi connectivity index (χ2v) is 14.0. The largest absolute Gasteiger partial charge is 0.342 e. The summed E-state index contributed by atoms with van der Waals surface area (Å²) in [7, 11) is 0. The first-order valence-electron chi connectivity index (χ1n) is 15.7. The number of nitrogens with one attached hydrogen (secondary N) is 1. The minimum absolute atomic E-state index is 0.199. The third-order valence-electron chi connectivity index (χ3n) is 8.66. The standard InChI is InChI=1S/C39H32Cl2N4O2S/c1-23(2)26-14-16-27(17-15-26)36-35(37(46)43-29-9-5-4-6-10-29)24(3)42-39-45(36)38(47)34(48-39)20-28-22-44(33-12-8-7-11-30(28)33)21-25-13-18-31(40)32(41)19-25/h4-20,22-23,36H,21H2,1-3H3,(H,43,46)/b34-20+. The molecule has 2 aromatic heterocycles. The van der Waals surface area contributed by atoms with Crippen molar-refractivity contribution in [1.82, 2.24) is 9.13 Å². The van der Waals surface area contributed by atoms with Crippen LogP contribution in [-0.4, -0.2) is 15.0 Å². The molecule has 0 radical (unpaired) electrons. The van der Waals surface area contributed by atoms with Gasteiger partial charge in [-0.2, -0.15) is 0 Å². The van der Waals surface area contributed by atoms with Crippen LogP contribution in [0.3, 0.4) is 0 Å². The monoisotopic (exact) mass is 690 g/mol. The number of nitrogens with zero attached hydrogens (tertiary/aromatic N) is 3. The van der Waals surface area contributed by atoms with Gasteiger partial charge in [0.25, 0.3) is 11.5 Å². The van der Waals surface area contributed by atoms with Crippen molar-refractivity contribution in [3.8, 4) is 0 Å².